The summed E-state index contributed by atoms with van der Waals surface area (Å²) in [4.78, 5) is 4.20. The molecule has 2 nitrogen and oxygen atoms in total. The summed E-state index contributed by atoms with van der Waals surface area (Å²) in [6, 6.07) is 8.34. The largest absolute Gasteiger partial charge is 0.444 e. The molecule has 1 aliphatic carbocycles. The van der Waals surface area contributed by atoms with Crippen LogP contribution < -0.4 is 0 Å². The smallest absolute Gasteiger partial charge is 0.181 e. The minimum atomic E-state index is 0.856. The van der Waals surface area contributed by atoms with Gasteiger partial charge in [-0.3, -0.25) is 0 Å². The molecule has 14 heavy (non-hydrogen) atoms. The Bertz CT molecular complexity index is 497. The minimum absolute atomic E-state index is 0.856. The molecular weight excluding hydrogens is 174 g/mol. The van der Waals surface area contributed by atoms with Gasteiger partial charge in [-0.15, -0.1) is 0 Å². The molecule has 0 N–H and O–H groups in total. The van der Waals surface area contributed by atoms with Crippen LogP contribution in [0.5, 0.6) is 0 Å². The average molecular weight is 183 g/mol. The Morgan fingerprint density at radius 3 is 3.07 bits per heavy atom. The molecule has 1 aromatic heterocycles. The highest BCUT2D eigenvalue weighted by Gasteiger charge is 2.11. The Hall–Kier alpha value is -1.83. The van der Waals surface area contributed by atoms with Gasteiger partial charge in [-0.1, -0.05) is 30.3 Å². The molecule has 0 atom stereocenters. The van der Waals surface area contributed by atoms with Crippen molar-refractivity contribution in [3.63, 3.8) is 0 Å². The van der Waals surface area contributed by atoms with Crippen LogP contribution in [0.3, 0.4) is 0 Å². The summed E-state index contributed by atoms with van der Waals surface area (Å²) in [7, 11) is 0. The molecule has 1 aromatic carbocycles. The maximum atomic E-state index is 5.27. The summed E-state index contributed by atoms with van der Waals surface area (Å²) in [5.41, 5.74) is 3.57. The molecule has 0 aliphatic heterocycles. The van der Waals surface area contributed by atoms with Crippen molar-refractivity contribution in [2.24, 2.45) is 0 Å². The van der Waals surface area contributed by atoms with Crippen molar-refractivity contribution < 1.29 is 4.42 Å². The van der Waals surface area contributed by atoms with Crippen LogP contribution in [0.15, 0.2) is 35.1 Å². The topological polar surface area (TPSA) is 26.0 Å². The molecule has 0 saturated carbocycles. The lowest BCUT2D eigenvalue weighted by Crippen LogP contribution is -1.90. The summed E-state index contributed by atoms with van der Waals surface area (Å²) < 4.78 is 5.27. The minimum Gasteiger partial charge on any atom is -0.444 e. The van der Waals surface area contributed by atoms with Crippen LogP contribution in [-0.4, -0.2) is 4.98 Å². The second-order valence-electron chi connectivity index (χ2n) is 3.37. The van der Waals surface area contributed by atoms with Gasteiger partial charge < -0.3 is 4.42 Å². The molecule has 0 spiro atoms. The molecule has 0 saturated heterocycles. The molecule has 0 radical (unpaired) electrons. The van der Waals surface area contributed by atoms with Gasteiger partial charge in [0.25, 0.3) is 0 Å². The zero-order valence-electron chi connectivity index (χ0n) is 7.60. The van der Waals surface area contributed by atoms with Gasteiger partial charge in [-0.2, -0.15) is 0 Å². The van der Waals surface area contributed by atoms with Gasteiger partial charge in [-0.05, 0) is 17.2 Å². The van der Waals surface area contributed by atoms with E-state index in [1.54, 1.807) is 0 Å². The van der Waals surface area contributed by atoms with Crippen LogP contribution in [-0.2, 0) is 6.42 Å². The van der Waals surface area contributed by atoms with Crippen LogP contribution in [0.1, 0.15) is 22.6 Å². The third kappa shape index (κ3) is 1.08. The molecule has 2 heteroatoms. The van der Waals surface area contributed by atoms with E-state index in [0.29, 0.717) is 0 Å². The van der Waals surface area contributed by atoms with Crippen LogP contribution in [0.4, 0.5) is 0 Å². The highest BCUT2D eigenvalue weighted by Crippen LogP contribution is 2.23. The average Bonchev–Trinajstić information content (AvgIpc) is 2.58. The number of aromatic nitrogens is 1. The van der Waals surface area contributed by atoms with Crippen molar-refractivity contribution in [3.05, 3.63) is 53.2 Å². The van der Waals surface area contributed by atoms with E-state index in [-0.39, 0.29) is 0 Å². The lowest BCUT2D eigenvalue weighted by Gasteiger charge is -2.00. The van der Waals surface area contributed by atoms with Gasteiger partial charge >= 0.3 is 0 Å². The highest BCUT2D eigenvalue weighted by atomic mass is 16.3. The first-order chi connectivity index (χ1) is 6.93. The summed E-state index contributed by atoms with van der Waals surface area (Å²) in [5, 5.41) is 0. The first kappa shape index (κ1) is 7.56. The van der Waals surface area contributed by atoms with Crippen LogP contribution >= 0.6 is 0 Å². The normalized spacial score (nSPS) is 13.1. The summed E-state index contributed by atoms with van der Waals surface area (Å²) >= 11 is 0. The number of benzene rings is 1. The quantitative estimate of drug-likeness (QED) is 0.535. The van der Waals surface area contributed by atoms with E-state index in [4.69, 9.17) is 4.42 Å². The van der Waals surface area contributed by atoms with E-state index < -0.39 is 0 Å². The zero-order valence-corrected chi connectivity index (χ0v) is 7.60. The molecule has 1 heterocycles. The number of oxazole rings is 1. The van der Waals surface area contributed by atoms with Gasteiger partial charge in [0, 0.05) is 6.42 Å². The van der Waals surface area contributed by atoms with Gasteiger partial charge in [0.2, 0.25) is 0 Å². The first-order valence-corrected chi connectivity index (χ1v) is 4.62. The molecular formula is C12H9NO. The van der Waals surface area contributed by atoms with E-state index in [2.05, 4.69) is 29.3 Å². The maximum Gasteiger partial charge on any atom is 0.181 e. The summed E-state index contributed by atoms with van der Waals surface area (Å²) in [6.45, 7) is 0. The number of rotatable bonds is 0. The van der Waals surface area contributed by atoms with Crippen molar-refractivity contribution in [1.29, 1.82) is 0 Å². The number of fused-ring (bicyclic) bond motifs is 2. The van der Waals surface area contributed by atoms with Gasteiger partial charge in [0.1, 0.15) is 0 Å². The number of hydrogen-bond acceptors (Lipinski definition) is 2. The fraction of sp³-hybridized carbons (Fsp3) is 0.0833. The molecule has 0 unspecified atom stereocenters. The number of nitrogens with zero attached hydrogens (tertiary/aromatic N) is 1. The molecule has 3 rings (SSSR count). The van der Waals surface area contributed by atoms with E-state index >= 15 is 0 Å². The molecule has 2 aromatic rings. The van der Waals surface area contributed by atoms with Crippen molar-refractivity contribution in [3.8, 4) is 0 Å². The Labute approximate surface area is 81.9 Å². The van der Waals surface area contributed by atoms with E-state index in [1.807, 2.05) is 12.1 Å². The Morgan fingerprint density at radius 2 is 2.07 bits per heavy atom. The third-order valence-electron chi connectivity index (χ3n) is 2.50. The van der Waals surface area contributed by atoms with Crippen LogP contribution in [0.25, 0.3) is 12.2 Å². The van der Waals surface area contributed by atoms with Crippen LogP contribution in [0, 0.1) is 0 Å². The molecule has 0 amide bonds. The van der Waals surface area contributed by atoms with E-state index in [1.165, 1.54) is 17.5 Å². The lowest BCUT2D eigenvalue weighted by atomic mass is 10.0. The lowest BCUT2D eigenvalue weighted by molar-refractivity contribution is 0.547. The molecule has 68 valence electrons. The third-order valence-corrected chi connectivity index (χ3v) is 2.50. The van der Waals surface area contributed by atoms with Crippen molar-refractivity contribution >= 4 is 12.2 Å². The molecule has 0 fully saturated rings. The summed E-state index contributed by atoms with van der Waals surface area (Å²) in [5.74, 6) is 0.876. The zero-order chi connectivity index (χ0) is 9.38. The van der Waals surface area contributed by atoms with Crippen molar-refractivity contribution in [1.82, 2.24) is 4.98 Å². The predicted octanol–water partition coefficient (Wildman–Crippen LogP) is 2.75. The van der Waals surface area contributed by atoms with Crippen molar-refractivity contribution in [2.75, 3.05) is 0 Å². The molecule has 0 bridgehead atoms. The van der Waals surface area contributed by atoms with Gasteiger partial charge in [0.05, 0.1) is 5.69 Å². The fourth-order valence-corrected chi connectivity index (χ4v) is 1.75. The predicted molar refractivity (Wildman–Crippen MR) is 54.7 cm³/mol. The Balaban J connectivity index is 2.19. The second-order valence-corrected chi connectivity index (χ2v) is 3.37. The second kappa shape index (κ2) is 2.84. The molecule has 1 aliphatic rings. The van der Waals surface area contributed by atoms with Gasteiger partial charge in [0.15, 0.2) is 12.2 Å². The Kier molecular flexibility index (Phi) is 1.53. The SMILES string of the molecule is C1=Cc2ocnc2Cc2ccccc21. The highest BCUT2D eigenvalue weighted by molar-refractivity contribution is 5.72. The standard InChI is InChI=1S/C12H9NO/c1-2-4-10-7-11-12(14-8-13-11)6-5-9(10)3-1/h1-6,8H,7H2. The fourth-order valence-electron chi connectivity index (χ4n) is 1.75. The van der Waals surface area contributed by atoms with E-state index in [9.17, 15) is 0 Å². The first-order valence-electron chi connectivity index (χ1n) is 4.62. The number of hydrogen-bond donors (Lipinski definition) is 0. The van der Waals surface area contributed by atoms with Gasteiger partial charge in [-0.25, -0.2) is 4.98 Å². The maximum absolute atomic E-state index is 5.27. The summed E-state index contributed by atoms with van der Waals surface area (Å²) in [6.07, 6.45) is 6.42. The Morgan fingerprint density at radius 1 is 1.14 bits per heavy atom. The monoisotopic (exact) mass is 183 g/mol. The van der Waals surface area contributed by atoms with E-state index in [0.717, 1.165) is 17.9 Å². The van der Waals surface area contributed by atoms with Crippen molar-refractivity contribution in [2.45, 2.75) is 6.42 Å². The van der Waals surface area contributed by atoms with Crippen LogP contribution in [0.2, 0.25) is 0 Å².